The van der Waals surface area contributed by atoms with Crippen LogP contribution in [-0.4, -0.2) is 35.5 Å². The van der Waals surface area contributed by atoms with Gasteiger partial charge in [-0.05, 0) is 6.42 Å². The van der Waals surface area contributed by atoms with Gasteiger partial charge in [0.1, 0.15) is 4.90 Å². The van der Waals surface area contributed by atoms with Gasteiger partial charge in [-0.25, -0.2) is 13.2 Å². The van der Waals surface area contributed by atoms with Gasteiger partial charge in [0.15, 0.2) is 9.84 Å². The van der Waals surface area contributed by atoms with Crippen molar-refractivity contribution < 1.29 is 18.3 Å². The Morgan fingerprint density at radius 1 is 1.59 bits per heavy atom. The summed E-state index contributed by atoms with van der Waals surface area (Å²) in [6, 6.07) is 0. The minimum Gasteiger partial charge on any atom is -0.478 e. The summed E-state index contributed by atoms with van der Waals surface area (Å²) in [4.78, 5) is 10.8. The Balaban J connectivity index is 2.84. The van der Waals surface area contributed by atoms with Crippen molar-refractivity contribution in [3.05, 3.63) is 24.0 Å². The summed E-state index contributed by atoms with van der Waals surface area (Å²) in [5, 5.41) is 12.6. The number of rotatable bonds is 5. The Bertz CT molecular complexity index is 542. The molecule has 94 valence electrons. The zero-order valence-electron chi connectivity index (χ0n) is 9.62. The predicted octanol–water partition coefficient (Wildman–Crippen LogP) is 0.708. The van der Waals surface area contributed by atoms with Crippen LogP contribution in [0.3, 0.4) is 0 Å². The first-order chi connectivity index (χ1) is 7.84. The Morgan fingerprint density at radius 3 is 2.65 bits per heavy atom. The zero-order chi connectivity index (χ0) is 13.1. The Hall–Kier alpha value is -1.63. The first-order valence-corrected chi connectivity index (χ1v) is 6.88. The molecule has 1 aromatic heterocycles. The largest absolute Gasteiger partial charge is 0.478 e. The maximum Gasteiger partial charge on any atom is 0.331 e. The molecule has 1 N–H and O–H groups in total. The number of aliphatic carboxylic acids is 1. The van der Waals surface area contributed by atoms with Crippen LogP contribution >= 0.6 is 0 Å². The number of carboxylic acid groups (broad SMARTS) is 1. The average molecular weight is 258 g/mol. The van der Waals surface area contributed by atoms with Crippen molar-refractivity contribution in [1.29, 1.82) is 0 Å². The van der Waals surface area contributed by atoms with E-state index in [2.05, 4.69) is 5.10 Å². The molecule has 0 saturated carbocycles. The SMILES string of the molecule is CC/C(=C\Cn1cc(S(C)(=O)=O)cn1)C(=O)O. The second kappa shape index (κ2) is 5.13. The van der Waals surface area contributed by atoms with Gasteiger partial charge in [0.25, 0.3) is 0 Å². The van der Waals surface area contributed by atoms with Crippen LogP contribution in [0.2, 0.25) is 0 Å². The van der Waals surface area contributed by atoms with E-state index in [1.807, 2.05) is 0 Å². The van der Waals surface area contributed by atoms with Crippen LogP contribution < -0.4 is 0 Å². The smallest absolute Gasteiger partial charge is 0.331 e. The molecule has 0 fully saturated rings. The molecule has 0 unspecified atom stereocenters. The summed E-state index contributed by atoms with van der Waals surface area (Å²) in [5.41, 5.74) is 0.279. The third kappa shape index (κ3) is 3.70. The van der Waals surface area contributed by atoms with E-state index in [-0.39, 0.29) is 17.0 Å². The lowest BCUT2D eigenvalue weighted by atomic mass is 10.2. The van der Waals surface area contributed by atoms with E-state index in [1.54, 1.807) is 6.92 Å². The third-order valence-electron chi connectivity index (χ3n) is 2.22. The molecule has 1 rings (SSSR count). The molecule has 0 aliphatic rings. The normalized spacial score (nSPS) is 12.7. The van der Waals surface area contributed by atoms with E-state index >= 15 is 0 Å². The maximum atomic E-state index is 11.2. The molecule has 6 nitrogen and oxygen atoms in total. The highest BCUT2D eigenvalue weighted by molar-refractivity contribution is 7.90. The molecular formula is C10H14N2O4S. The van der Waals surface area contributed by atoms with Crippen molar-refractivity contribution in [3.63, 3.8) is 0 Å². The van der Waals surface area contributed by atoms with Crippen molar-refractivity contribution >= 4 is 15.8 Å². The lowest BCUT2D eigenvalue weighted by Crippen LogP contribution is -2.03. The Kier molecular flexibility index (Phi) is 4.06. The van der Waals surface area contributed by atoms with E-state index in [0.29, 0.717) is 6.42 Å². The average Bonchev–Trinajstić information content (AvgIpc) is 2.66. The van der Waals surface area contributed by atoms with Gasteiger partial charge in [-0.3, -0.25) is 4.68 Å². The van der Waals surface area contributed by atoms with E-state index in [4.69, 9.17) is 5.11 Å². The molecular weight excluding hydrogens is 244 g/mol. The van der Waals surface area contributed by atoms with Crippen LogP contribution in [0.1, 0.15) is 13.3 Å². The van der Waals surface area contributed by atoms with Crippen molar-refractivity contribution in [2.24, 2.45) is 0 Å². The van der Waals surface area contributed by atoms with Crippen LogP contribution in [0.25, 0.3) is 0 Å². The summed E-state index contributed by atoms with van der Waals surface area (Å²) in [5.74, 6) is -0.969. The summed E-state index contributed by atoms with van der Waals surface area (Å²) in [6.07, 6.45) is 5.65. The Labute approximate surface area is 99.5 Å². The minimum absolute atomic E-state index is 0.124. The van der Waals surface area contributed by atoms with Crippen molar-refractivity contribution in [1.82, 2.24) is 9.78 Å². The number of carbonyl (C=O) groups is 1. The molecule has 0 aliphatic carbocycles. The number of sulfone groups is 1. The highest BCUT2D eigenvalue weighted by Gasteiger charge is 2.09. The molecule has 0 amide bonds. The number of aromatic nitrogens is 2. The van der Waals surface area contributed by atoms with Crippen LogP contribution in [-0.2, 0) is 21.2 Å². The number of allylic oxidation sites excluding steroid dienone is 1. The molecule has 17 heavy (non-hydrogen) atoms. The Morgan fingerprint density at radius 2 is 2.24 bits per heavy atom. The van der Waals surface area contributed by atoms with Gasteiger partial charge in [0.2, 0.25) is 0 Å². The number of carboxylic acids is 1. The van der Waals surface area contributed by atoms with Gasteiger partial charge in [-0.15, -0.1) is 0 Å². The second-order valence-electron chi connectivity index (χ2n) is 3.56. The van der Waals surface area contributed by atoms with E-state index < -0.39 is 15.8 Å². The standard InChI is InChI=1S/C10H14N2O4S/c1-3-8(10(13)14)4-5-12-7-9(6-11-12)17(2,15)16/h4,6-7H,3,5H2,1-2H3,(H,13,14)/b8-4+. The highest BCUT2D eigenvalue weighted by Crippen LogP contribution is 2.07. The molecule has 0 aromatic carbocycles. The molecule has 0 bridgehead atoms. The van der Waals surface area contributed by atoms with Crippen LogP contribution in [0, 0.1) is 0 Å². The lowest BCUT2D eigenvalue weighted by Gasteiger charge is -1.98. The number of hydrogen-bond donors (Lipinski definition) is 1. The highest BCUT2D eigenvalue weighted by atomic mass is 32.2. The van der Waals surface area contributed by atoms with E-state index in [9.17, 15) is 13.2 Å². The molecule has 0 atom stereocenters. The predicted molar refractivity (Wildman–Crippen MR) is 61.3 cm³/mol. The fourth-order valence-electron chi connectivity index (χ4n) is 1.22. The maximum absolute atomic E-state index is 11.2. The molecule has 0 spiro atoms. The van der Waals surface area contributed by atoms with Crippen molar-refractivity contribution in [2.45, 2.75) is 24.8 Å². The molecule has 1 aromatic rings. The fraction of sp³-hybridized carbons (Fsp3) is 0.400. The van der Waals surface area contributed by atoms with Crippen LogP contribution in [0.5, 0.6) is 0 Å². The number of nitrogens with zero attached hydrogens (tertiary/aromatic N) is 2. The van der Waals surface area contributed by atoms with E-state index in [0.717, 1.165) is 6.26 Å². The van der Waals surface area contributed by atoms with E-state index in [1.165, 1.54) is 23.2 Å². The summed E-state index contributed by atoms with van der Waals surface area (Å²) < 4.78 is 23.8. The quantitative estimate of drug-likeness (QED) is 0.785. The molecule has 0 radical (unpaired) electrons. The van der Waals surface area contributed by atoms with Gasteiger partial charge in [0.05, 0.1) is 12.7 Å². The van der Waals surface area contributed by atoms with Crippen LogP contribution in [0.4, 0.5) is 0 Å². The summed E-state index contributed by atoms with van der Waals surface area (Å²) in [6.45, 7) is 1.98. The third-order valence-corrected chi connectivity index (χ3v) is 3.29. The molecule has 0 saturated heterocycles. The van der Waals surface area contributed by atoms with Gasteiger partial charge in [-0.2, -0.15) is 5.10 Å². The fourth-order valence-corrected chi connectivity index (χ4v) is 1.77. The second-order valence-corrected chi connectivity index (χ2v) is 5.57. The van der Waals surface area contributed by atoms with Gasteiger partial charge < -0.3 is 5.11 Å². The summed E-state index contributed by atoms with van der Waals surface area (Å²) >= 11 is 0. The molecule has 0 aliphatic heterocycles. The van der Waals surface area contributed by atoms with Crippen molar-refractivity contribution in [3.8, 4) is 0 Å². The monoisotopic (exact) mass is 258 g/mol. The van der Waals surface area contributed by atoms with Crippen molar-refractivity contribution in [2.75, 3.05) is 6.26 Å². The topological polar surface area (TPSA) is 89.3 Å². The first-order valence-electron chi connectivity index (χ1n) is 4.99. The van der Waals surface area contributed by atoms with Gasteiger partial charge >= 0.3 is 5.97 Å². The lowest BCUT2D eigenvalue weighted by molar-refractivity contribution is -0.132. The van der Waals surface area contributed by atoms with Gasteiger partial charge in [0, 0.05) is 18.0 Å². The number of hydrogen-bond acceptors (Lipinski definition) is 4. The zero-order valence-corrected chi connectivity index (χ0v) is 10.4. The first kappa shape index (κ1) is 13.4. The van der Waals surface area contributed by atoms with Crippen LogP contribution in [0.15, 0.2) is 28.9 Å². The summed E-state index contributed by atoms with van der Waals surface area (Å²) in [7, 11) is -3.26. The minimum atomic E-state index is -3.26. The molecule has 7 heteroatoms. The van der Waals surface area contributed by atoms with Gasteiger partial charge in [-0.1, -0.05) is 13.0 Å². The molecule has 1 heterocycles.